The van der Waals surface area contributed by atoms with E-state index >= 15 is 0 Å². The molecule has 32 heavy (non-hydrogen) atoms. The van der Waals surface area contributed by atoms with E-state index in [-0.39, 0.29) is 11.5 Å². The van der Waals surface area contributed by atoms with Crippen molar-refractivity contribution in [2.75, 3.05) is 31.1 Å². The summed E-state index contributed by atoms with van der Waals surface area (Å²) in [6, 6.07) is 14.5. The number of nitrogens with zero attached hydrogens (tertiary/aromatic N) is 5. The van der Waals surface area contributed by atoms with Crippen LogP contribution in [0.25, 0.3) is 22.2 Å². The molecule has 1 saturated heterocycles. The van der Waals surface area contributed by atoms with Gasteiger partial charge in [0.25, 0.3) is 5.91 Å². The molecule has 1 aromatic carbocycles. The minimum atomic E-state index is -0.621. The molecule has 4 heterocycles. The number of amides is 1. The first-order chi connectivity index (χ1) is 15.6. The van der Waals surface area contributed by atoms with E-state index in [1.807, 2.05) is 30.3 Å². The van der Waals surface area contributed by atoms with E-state index in [1.165, 1.54) is 0 Å². The number of piperazine rings is 1. The Morgan fingerprint density at radius 3 is 2.56 bits per heavy atom. The topological polar surface area (TPSA) is 92.4 Å². The Morgan fingerprint density at radius 2 is 1.84 bits per heavy atom. The number of hydrogen-bond acceptors (Lipinski definition) is 7. The van der Waals surface area contributed by atoms with Crippen molar-refractivity contribution in [3.8, 4) is 11.3 Å². The molecule has 5 rings (SSSR count). The summed E-state index contributed by atoms with van der Waals surface area (Å²) in [5, 5.41) is 9.34. The van der Waals surface area contributed by atoms with Crippen LogP contribution in [0.3, 0.4) is 0 Å². The van der Waals surface area contributed by atoms with Crippen LogP contribution in [0, 0.1) is 0 Å². The van der Waals surface area contributed by atoms with Crippen molar-refractivity contribution < 1.29 is 9.21 Å². The summed E-state index contributed by atoms with van der Waals surface area (Å²) in [5.41, 5.74) is 1.54. The molecule has 3 aromatic heterocycles. The molecule has 1 fully saturated rings. The quantitative estimate of drug-likeness (QED) is 0.405. The number of halogens is 1. The van der Waals surface area contributed by atoms with E-state index < -0.39 is 5.63 Å². The largest absolute Gasteiger partial charge is 0.422 e. The summed E-state index contributed by atoms with van der Waals surface area (Å²) in [6.07, 6.45) is 3.46. The maximum atomic E-state index is 13.0. The second-order valence-electron chi connectivity index (χ2n) is 7.43. The monoisotopic (exact) mass is 491 g/mol. The predicted octanol–water partition coefficient (Wildman–Crippen LogP) is 3.37. The van der Waals surface area contributed by atoms with Crippen LogP contribution in [0.15, 0.2) is 74.6 Å². The van der Waals surface area contributed by atoms with E-state index in [9.17, 15) is 9.59 Å². The van der Waals surface area contributed by atoms with Crippen molar-refractivity contribution in [1.29, 1.82) is 0 Å². The SMILES string of the molecule is O=C(c1cc2cc(Br)ccc2oc1=O)N1CCN(c2ccc(-c3cccnc3)nn2)CC1. The summed E-state index contributed by atoms with van der Waals surface area (Å²) in [5.74, 6) is 0.429. The van der Waals surface area contributed by atoms with Gasteiger partial charge in [-0.15, -0.1) is 10.2 Å². The summed E-state index contributed by atoms with van der Waals surface area (Å²) >= 11 is 3.40. The Morgan fingerprint density at radius 1 is 1.00 bits per heavy atom. The molecule has 160 valence electrons. The highest BCUT2D eigenvalue weighted by Gasteiger charge is 2.25. The van der Waals surface area contributed by atoms with Gasteiger partial charge in [-0.2, -0.15) is 0 Å². The van der Waals surface area contributed by atoms with Crippen molar-refractivity contribution in [3.05, 3.63) is 81.4 Å². The molecule has 4 aromatic rings. The third kappa shape index (κ3) is 3.99. The lowest BCUT2D eigenvalue weighted by atomic mass is 10.1. The van der Waals surface area contributed by atoms with E-state index in [1.54, 1.807) is 35.5 Å². The summed E-state index contributed by atoms with van der Waals surface area (Å²) in [6.45, 7) is 2.13. The van der Waals surface area contributed by atoms with Gasteiger partial charge in [0.1, 0.15) is 11.1 Å². The van der Waals surface area contributed by atoms with Gasteiger partial charge in [0.2, 0.25) is 0 Å². The first-order valence-electron chi connectivity index (χ1n) is 10.1. The number of carbonyl (C=O) groups excluding carboxylic acids is 1. The lowest BCUT2D eigenvalue weighted by molar-refractivity contribution is 0.0742. The zero-order valence-electron chi connectivity index (χ0n) is 16.9. The summed E-state index contributed by atoms with van der Waals surface area (Å²) in [4.78, 5) is 33.2. The number of benzene rings is 1. The lowest BCUT2D eigenvalue weighted by Crippen LogP contribution is -2.49. The normalized spacial score (nSPS) is 14.0. The summed E-state index contributed by atoms with van der Waals surface area (Å²) < 4.78 is 6.19. The van der Waals surface area contributed by atoms with Crippen molar-refractivity contribution in [3.63, 3.8) is 0 Å². The van der Waals surface area contributed by atoms with Crippen LogP contribution in [0.1, 0.15) is 10.4 Å². The molecule has 0 atom stereocenters. The second kappa shape index (κ2) is 8.51. The first-order valence-corrected chi connectivity index (χ1v) is 10.9. The molecule has 0 unspecified atom stereocenters. The Bertz CT molecular complexity index is 1330. The molecule has 0 radical (unpaired) electrons. The van der Waals surface area contributed by atoms with Gasteiger partial charge < -0.3 is 14.2 Å². The Labute approximate surface area is 191 Å². The molecule has 0 saturated carbocycles. The number of aromatic nitrogens is 3. The standard InChI is InChI=1S/C23H18BrN5O3/c24-17-3-5-20-16(12-17)13-18(23(31)32-20)22(30)29-10-8-28(9-11-29)21-6-4-19(26-27-21)15-2-1-7-25-14-15/h1-7,12-14H,8-11H2. The van der Waals surface area contributed by atoms with Gasteiger partial charge in [0, 0.05) is 54.0 Å². The van der Waals surface area contributed by atoms with Crippen LogP contribution in [0.2, 0.25) is 0 Å². The highest BCUT2D eigenvalue weighted by atomic mass is 79.9. The van der Waals surface area contributed by atoms with Gasteiger partial charge in [-0.05, 0) is 48.5 Å². The zero-order chi connectivity index (χ0) is 22.1. The predicted molar refractivity (Wildman–Crippen MR) is 124 cm³/mol. The Hall–Kier alpha value is -3.59. The third-order valence-electron chi connectivity index (χ3n) is 5.42. The van der Waals surface area contributed by atoms with Crippen LogP contribution < -0.4 is 10.5 Å². The van der Waals surface area contributed by atoms with Crippen LogP contribution in [-0.2, 0) is 0 Å². The molecule has 1 aliphatic heterocycles. The maximum Gasteiger partial charge on any atom is 0.349 e. The minimum absolute atomic E-state index is 0.0460. The molecule has 1 amide bonds. The maximum absolute atomic E-state index is 13.0. The number of anilines is 1. The number of pyridine rings is 1. The molecule has 9 heteroatoms. The molecule has 8 nitrogen and oxygen atoms in total. The number of fused-ring (bicyclic) bond motifs is 1. The molecule has 0 aliphatic carbocycles. The van der Waals surface area contributed by atoms with Gasteiger partial charge in [0.15, 0.2) is 5.82 Å². The highest BCUT2D eigenvalue weighted by molar-refractivity contribution is 9.10. The molecule has 1 aliphatic rings. The minimum Gasteiger partial charge on any atom is -0.422 e. The van der Waals surface area contributed by atoms with Crippen LogP contribution >= 0.6 is 15.9 Å². The van der Waals surface area contributed by atoms with Crippen LogP contribution in [0.5, 0.6) is 0 Å². The zero-order valence-corrected chi connectivity index (χ0v) is 18.5. The van der Waals surface area contributed by atoms with Gasteiger partial charge in [-0.1, -0.05) is 15.9 Å². The number of carbonyl (C=O) groups is 1. The van der Waals surface area contributed by atoms with Gasteiger partial charge in [-0.3, -0.25) is 9.78 Å². The highest BCUT2D eigenvalue weighted by Crippen LogP contribution is 2.21. The van der Waals surface area contributed by atoms with Crippen LogP contribution in [-0.4, -0.2) is 52.2 Å². The number of hydrogen-bond donors (Lipinski definition) is 0. The summed E-state index contributed by atoms with van der Waals surface area (Å²) in [7, 11) is 0. The van der Waals surface area contributed by atoms with Gasteiger partial charge in [-0.25, -0.2) is 4.79 Å². The smallest absolute Gasteiger partial charge is 0.349 e. The lowest BCUT2D eigenvalue weighted by Gasteiger charge is -2.35. The van der Waals surface area contributed by atoms with E-state index in [0.717, 1.165) is 21.5 Å². The van der Waals surface area contributed by atoms with Crippen molar-refractivity contribution in [2.45, 2.75) is 0 Å². The fraction of sp³-hybridized carbons (Fsp3) is 0.174. The number of rotatable bonds is 3. The van der Waals surface area contributed by atoms with Crippen LogP contribution in [0.4, 0.5) is 5.82 Å². The van der Waals surface area contributed by atoms with E-state index in [4.69, 9.17) is 4.42 Å². The fourth-order valence-corrected chi connectivity index (χ4v) is 4.09. The third-order valence-corrected chi connectivity index (χ3v) is 5.92. The van der Waals surface area contributed by atoms with Crippen molar-refractivity contribution in [2.24, 2.45) is 0 Å². The second-order valence-corrected chi connectivity index (χ2v) is 8.34. The Balaban J connectivity index is 1.28. The molecular weight excluding hydrogens is 474 g/mol. The Kier molecular flexibility index (Phi) is 5.40. The van der Waals surface area contributed by atoms with E-state index in [0.29, 0.717) is 37.1 Å². The molecule has 0 bridgehead atoms. The molecule has 0 N–H and O–H groups in total. The van der Waals surface area contributed by atoms with Crippen molar-refractivity contribution >= 4 is 38.6 Å². The van der Waals surface area contributed by atoms with Crippen molar-refractivity contribution in [1.82, 2.24) is 20.1 Å². The molecule has 0 spiro atoms. The van der Waals surface area contributed by atoms with Gasteiger partial charge in [0.05, 0.1) is 5.69 Å². The molecular formula is C23H18BrN5O3. The van der Waals surface area contributed by atoms with Gasteiger partial charge >= 0.3 is 5.63 Å². The average molecular weight is 492 g/mol. The first kappa shape index (κ1) is 20.3. The average Bonchev–Trinajstić information content (AvgIpc) is 2.84. The van der Waals surface area contributed by atoms with E-state index in [2.05, 4.69) is 36.0 Å². The fourth-order valence-electron chi connectivity index (χ4n) is 3.71.